The van der Waals surface area contributed by atoms with Crippen molar-refractivity contribution in [2.24, 2.45) is 0 Å². The molecule has 0 bridgehead atoms. The van der Waals surface area contributed by atoms with Gasteiger partial charge in [-0.15, -0.1) is 0 Å². The minimum absolute atomic E-state index is 0.0961. The molecule has 4 rings (SSSR count). The number of para-hydroxylation sites is 1. The highest BCUT2D eigenvalue weighted by Gasteiger charge is 2.28. The molecule has 0 aliphatic carbocycles. The van der Waals surface area contributed by atoms with Gasteiger partial charge in [-0.05, 0) is 32.3 Å². The summed E-state index contributed by atoms with van der Waals surface area (Å²) in [6.45, 7) is 3.47. The zero-order valence-corrected chi connectivity index (χ0v) is 14.4. The second-order valence-corrected chi connectivity index (χ2v) is 6.79. The molecule has 1 aromatic heterocycles. The van der Waals surface area contributed by atoms with E-state index in [1.54, 1.807) is 6.07 Å². The number of carbonyl (C=O) groups is 1. The molecule has 2 aromatic rings. The van der Waals surface area contributed by atoms with Gasteiger partial charge in [0, 0.05) is 18.5 Å². The molecule has 1 aromatic carbocycles. The number of carbonyl (C=O) groups excluding carboxylic acids is 1. The van der Waals surface area contributed by atoms with Crippen LogP contribution in [-0.4, -0.2) is 22.1 Å². The Hall–Kier alpha value is -2.01. The minimum atomic E-state index is -0.105. The SMILES string of the molecule is Cc1nc(C(=O)NC2CCOc3c(Cl)cccc32)c2n1CCCC2. The third-order valence-electron chi connectivity index (χ3n) is 4.85. The third-order valence-corrected chi connectivity index (χ3v) is 5.15. The summed E-state index contributed by atoms with van der Waals surface area (Å²) in [5, 5.41) is 3.71. The fourth-order valence-corrected chi connectivity index (χ4v) is 3.90. The maximum atomic E-state index is 12.8. The minimum Gasteiger partial charge on any atom is -0.492 e. The number of hydrogen-bond donors (Lipinski definition) is 1. The van der Waals surface area contributed by atoms with Gasteiger partial charge >= 0.3 is 0 Å². The molecule has 0 radical (unpaired) electrons. The zero-order chi connectivity index (χ0) is 16.7. The topological polar surface area (TPSA) is 56.1 Å². The van der Waals surface area contributed by atoms with E-state index in [1.165, 1.54) is 0 Å². The van der Waals surface area contributed by atoms with Crippen LogP contribution in [-0.2, 0) is 13.0 Å². The Morgan fingerprint density at radius 3 is 3.17 bits per heavy atom. The van der Waals surface area contributed by atoms with Gasteiger partial charge in [-0.3, -0.25) is 4.79 Å². The fourth-order valence-electron chi connectivity index (χ4n) is 3.67. The maximum absolute atomic E-state index is 12.8. The number of fused-ring (bicyclic) bond motifs is 2. The number of nitrogens with zero attached hydrogens (tertiary/aromatic N) is 2. The average Bonchev–Trinajstić information content (AvgIpc) is 2.93. The number of amides is 1. The lowest BCUT2D eigenvalue weighted by Crippen LogP contribution is -2.33. The molecule has 24 heavy (non-hydrogen) atoms. The Morgan fingerprint density at radius 2 is 2.29 bits per heavy atom. The molecule has 2 aliphatic heterocycles. The van der Waals surface area contributed by atoms with E-state index in [0.717, 1.165) is 49.3 Å². The van der Waals surface area contributed by atoms with Crippen molar-refractivity contribution in [3.05, 3.63) is 46.0 Å². The molecule has 1 N–H and O–H groups in total. The lowest BCUT2D eigenvalue weighted by Gasteiger charge is -2.27. The summed E-state index contributed by atoms with van der Waals surface area (Å²) in [4.78, 5) is 17.4. The van der Waals surface area contributed by atoms with Crippen LogP contribution in [0.3, 0.4) is 0 Å². The molecule has 6 heteroatoms. The number of rotatable bonds is 2. The van der Waals surface area contributed by atoms with Crippen molar-refractivity contribution in [1.29, 1.82) is 0 Å². The predicted octanol–water partition coefficient (Wildman–Crippen LogP) is 3.43. The van der Waals surface area contributed by atoms with Gasteiger partial charge in [0.2, 0.25) is 0 Å². The van der Waals surface area contributed by atoms with Gasteiger partial charge in [0.15, 0.2) is 0 Å². The first kappa shape index (κ1) is 15.5. The van der Waals surface area contributed by atoms with E-state index >= 15 is 0 Å². The highest BCUT2D eigenvalue weighted by Crippen LogP contribution is 2.37. The van der Waals surface area contributed by atoms with Crippen LogP contribution in [0, 0.1) is 6.92 Å². The van der Waals surface area contributed by atoms with Gasteiger partial charge in [-0.25, -0.2) is 4.98 Å². The van der Waals surface area contributed by atoms with Crippen molar-refractivity contribution >= 4 is 17.5 Å². The molecule has 0 saturated heterocycles. The quantitative estimate of drug-likeness (QED) is 0.907. The molecule has 3 heterocycles. The van der Waals surface area contributed by atoms with Crippen LogP contribution < -0.4 is 10.1 Å². The van der Waals surface area contributed by atoms with Gasteiger partial charge in [-0.2, -0.15) is 0 Å². The summed E-state index contributed by atoms with van der Waals surface area (Å²) < 4.78 is 7.84. The Labute approximate surface area is 146 Å². The highest BCUT2D eigenvalue weighted by molar-refractivity contribution is 6.32. The van der Waals surface area contributed by atoms with Gasteiger partial charge in [-0.1, -0.05) is 23.7 Å². The summed E-state index contributed by atoms with van der Waals surface area (Å²) in [5.74, 6) is 1.50. The van der Waals surface area contributed by atoms with Crippen LogP contribution in [0.25, 0.3) is 0 Å². The van der Waals surface area contributed by atoms with Crippen molar-refractivity contribution in [2.75, 3.05) is 6.61 Å². The van der Waals surface area contributed by atoms with E-state index in [0.29, 0.717) is 23.1 Å². The number of hydrogen-bond acceptors (Lipinski definition) is 3. The Balaban J connectivity index is 1.61. The molecule has 0 fully saturated rings. The van der Waals surface area contributed by atoms with E-state index in [9.17, 15) is 4.79 Å². The second-order valence-electron chi connectivity index (χ2n) is 6.38. The Morgan fingerprint density at radius 1 is 1.42 bits per heavy atom. The van der Waals surface area contributed by atoms with Crippen LogP contribution in [0.2, 0.25) is 5.02 Å². The molecular weight excluding hydrogens is 326 g/mol. The summed E-state index contributed by atoms with van der Waals surface area (Å²) in [5.41, 5.74) is 2.57. The Bertz CT molecular complexity index is 800. The molecule has 1 unspecified atom stereocenters. The van der Waals surface area contributed by atoms with Crippen LogP contribution >= 0.6 is 11.6 Å². The Kier molecular flexibility index (Phi) is 3.96. The molecular formula is C18H20ClN3O2. The molecule has 126 valence electrons. The fraction of sp³-hybridized carbons (Fsp3) is 0.444. The standard InChI is InChI=1S/C18H20ClN3O2/c1-11-20-16(15-7-2-3-9-22(11)15)18(23)21-14-8-10-24-17-12(14)5-4-6-13(17)19/h4-6,14H,2-3,7-10H2,1H3,(H,21,23). The van der Waals surface area contributed by atoms with Gasteiger partial charge in [0.1, 0.15) is 17.3 Å². The van der Waals surface area contributed by atoms with Crippen LogP contribution in [0.5, 0.6) is 5.75 Å². The lowest BCUT2D eigenvalue weighted by molar-refractivity contribution is 0.0918. The summed E-state index contributed by atoms with van der Waals surface area (Å²) in [6.07, 6.45) is 3.91. The van der Waals surface area contributed by atoms with Gasteiger partial charge in [0.25, 0.3) is 5.91 Å². The average molecular weight is 346 g/mol. The van der Waals surface area contributed by atoms with Crippen molar-refractivity contribution in [3.8, 4) is 5.75 Å². The molecule has 1 amide bonds. The highest BCUT2D eigenvalue weighted by atomic mass is 35.5. The van der Waals surface area contributed by atoms with Crippen LogP contribution in [0.1, 0.15) is 52.9 Å². The third kappa shape index (κ3) is 2.57. The number of ether oxygens (including phenoxy) is 1. The molecule has 0 saturated carbocycles. The van der Waals surface area contributed by atoms with Crippen molar-refractivity contribution in [1.82, 2.24) is 14.9 Å². The van der Waals surface area contributed by atoms with E-state index in [1.807, 2.05) is 19.1 Å². The van der Waals surface area contributed by atoms with E-state index < -0.39 is 0 Å². The maximum Gasteiger partial charge on any atom is 0.272 e. The number of imidazole rings is 1. The number of aromatic nitrogens is 2. The first-order valence-electron chi connectivity index (χ1n) is 8.43. The van der Waals surface area contributed by atoms with Crippen molar-refractivity contribution in [2.45, 2.75) is 45.2 Å². The molecule has 1 atom stereocenters. The van der Waals surface area contributed by atoms with Crippen LogP contribution in [0.15, 0.2) is 18.2 Å². The first-order valence-corrected chi connectivity index (χ1v) is 8.81. The number of aryl methyl sites for hydroxylation is 1. The van der Waals surface area contributed by atoms with E-state index in [-0.39, 0.29) is 11.9 Å². The number of halogens is 1. The largest absolute Gasteiger partial charge is 0.492 e. The molecule has 2 aliphatic rings. The summed E-state index contributed by atoms with van der Waals surface area (Å²) in [6, 6.07) is 5.55. The zero-order valence-electron chi connectivity index (χ0n) is 13.6. The predicted molar refractivity (Wildman–Crippen MR) is 91.7 cm³/mol. The number of nitrogens with one attached hydrogen (secondary N) is 1. The lowest BCUT2D eigenvalue weighted by atomic mass is 10.00. The van der Waals surface area contributed by atoms with Gasteiger partial charge < -0.3 is 14.6 Å². The van der Waals surface area contributed by atoms with E-state index in [4.69, 9.17) is 16.3 Å². The number of benzene rings is 1. The van der Waals surface area contributed by atoms with Crippen molar-refractivity contribution in [3.63, 3.8) is 0 Å². The monoisotopic (exact) mass is 345 g/mol. The molecule has 5 nitrogen and oxygen atoms in total. The molecule has 0 spiro atoms. The van der Waals surface area contributed by atoms with E-state index in [2.05, 4.69) is 14.9 Å². The van der Waals surface area contributed by atoms with Crippen LogP contribution in [0.4, 0.5) is 0 Å². The summed E-state index contributed by atoms with van der Waals surface area (Å²) in [7, 11) is 0. The van der Waals surface area contributed by atoms with Crippen molar-refractivity contribution < 1.29 is 9.53 Å². The smallest absolute Gasteiger partial charge is 0.272 e. The van der Waals surface area contributed by atoms with Gasteiger partial charge in [0.05, 0.1) is 23.4 Å². The second kappa shape index (κ2) is 6.13. The first-order chi connectivity index (χ1) is 11.6. The normalized spacial score (nSPS) is 19.2. The summed E-state index contributed by atoms with van der Waals surface area (Å²) >= 11 is 6.21.